The van der Waals surface area contributed by atoms with E-state index in [1.165, 1.54) is 88.3 Å². The molecule has 0 saturated carbocycles. The molecule has 2 heteroatoms. The Bertz CT molecular complexity index is 2630. The van der Waals surface area contributed by atoms with E-state index < -0.39 is 0 Å². The number of rotatable bonds is 5. The van der Waals surface area contributed by atoms with Crippen molar-refractivity contribution in [3.05, 3.63) is 182 Å². The quantitative estimate of drug-likeness (QED) is 0.185. The smallest absolute Gasteiger partial charge is 0.137 e. The molecule has 0 N–H and O–H groups in total. The molecule has 11 rings (SSSR count). The van der Waals surface area contributed by atoms with Crippen LogP contribution in [0.25, 0.3) is 88.3 Å². The Hall–Kier alpha value is -6.77. The Kier molecular flexibility index (Phi) is 5.99. The highest BCUT2D eigenvalue weighted by atomic mass is 15.2. The SMILES string of the molecule is c1ccc(N(c2cccc(-c3ccc4c5c(cccc35)-c3ccccc3-4)c2)c2cccc(-c3ccc4c5c(cccc35)-c3ccccc3-4)c2)nc1. The molecule has 8 aromatic carbocycles. The van der Waals surface area contributed by atoms with E-state index in [1.807, 2.05) is 12.3 Å². The minimum absolute atomic E-state index is 0.874. The first-order valence-corrected chi connectivity index (χ1v) is 17.5. The van der Waals surface area contributed by atoms with Gasteiger partial charge in [-0.1, -0.05) is 140 Å². The van der Waals surface area contributed by atoms with E-state index in [0.29, 0.717) is 0 Å². The first-order valence-electron chi connectivity index (χ1n) is 17.5. The van der Waals surface area contributed by atoms with Crippen molar-refractivity contribution in [2.75, 3.05) is 4.90 Å². The van der Waals surface area contributed by atoms with Crippen LogP contribution in [-0.2, 0) is 0 Å². The lowest BCUT2D eigenvalue weighted by Crippen LogP contribution is -2.11. The highest BCUT2D eigenvalue weighted by Crippen LogP contribution is 2.51. The molecule has 0 amide bonds. The molecule has 0 bridgehead atoms. The first-order chi connectivity index (χ1) is 25.3. The van der Waals surface area contributed by atoms with Gasteiger partial charge >= 0.3 is 0 Å². The molecule has 2 nitrogen and oxygen atoms in total. The van der Waals surface area contributed by atoms with E-state index in [1.54, 1.807) is 0 Å². The van der Waals surface area contributed by atoms with Gasteiger partial charge in [-0.25, -0.2) is 4.98 Å². The van der Waals surface area contributed by atoms with Gasteiger partial charge in [0.1, 0.15) is 5.82 Å². The average Bonchev–Trinajstić information content (AvgIpc) is 3.71. The number of benzene rings is 8. The van der Waals surface area contributed by atoms with E-state index in [4.69, 9.17) is 4.98 Å². The number of anilines is 3. The van der Waals surface area contributed by atoms with Crippen molar-refractivity contribution in [1.29, 1.82) is 0 Å². The topological polar surface area (TPSA) is 16.1 Å². The second-order valence-corrected chi connectivity index (χ2v) is 13.5. The maximum Gasteiger partial charge on any atom is 0.137 e. The van der Waals surface area contributed by atoms with Gasteiger partial charge < -0.3 is 0 Å². The fourth-order valence-electron chi connectivity index (χ4n) is 8.65. The Morgan fingerprint density at radius 3 is 1.20 bits per heavy atom. The molecular weight excluding hydrogens is 617 g/mol. The second kappa shape index (κ2) is 10.9. The summed E-state index contributed by atoms with van der Waals surface area (Å²) in [6.45, 7) is 0. The van der Waals surface area contributed by atoms with Gasteiger partial charge in [-0.05, 0) is 125 Å². The van der Waals surface area contributed by atoms with Crippen LogP contribution in [-0.4, -0.2) is 4.98 Å². The Labute approximate surface area is 296 Å². The molecule has 2 aliphatic rings. The summed E-state index contributed by atoms with van der Waals surface area (Å²) < 4.78 is 0. The summed E-state index contributed by atoms with van der Waals surface area (Å²) in [4.78, 5) is 7.15. The summed E-state index contributed by atoms with van der Waals surface area (Å²) >= 11 is 0. The van der Waals surface area contributed by atoms with E-state index in [0.717, 1.165) is 17.2 Å². The van der Waals surface area contributed by atoms with Crippen LogP contribution in [0.5, 0.6) is 0 Å². The molecule has 0 saturated heterocycles. The largest absolute Gasteiger partial charge is 0.295 e. The Morgan fingerprint density at radius 2 is 0.725 bits per heavy atom. The van der Waals surface area contributed by atoms with Gasteiger partial charge in [0, 0.05) is 17.6 Å². The fraction of sp³-hybridized carbons (Fsp3) is 0. The van der Waals surface area contributed by atoms with Gasteiger partial charge in [0.2, 0.25) is 0 Å². The molecule has 1 heterocycles. The minimum atomic E-state index is 0.874. The Balaban J connectivity index is 1.06. The molecule has 2 aliphatic carbocycles. The van der Waals surface area contributed by atoms with Crippen molar-refractivity contribution >= 4 is 38.7 Å². The highest BCUT2D eigenvalue weighted by Gasteiger charge is 2.24. The molecule has 0 aliphatic heterocycles. The lowest BCUT2D eigenvalue weighted by atomic mass is 9.93. The molecule has 1 aromatic heterocycles. The summed E-state index contributed by atoms with van der Waals surface area (Å²) in [5, 5.41) is 5.23. The van der Waals surface area contributed by atoms with Gasteiger partial charge in [0.25, 0.3) is 0 Å². The van der Waals surface area contributed by atoms with Crippen LogP contribution in [0.2, 0.25) is 0 Å². The monoisotopic (exact) mass is 646 g/mol. The lowest BCUT2D eigenvalue weighted by molar-refractivity contribution is 1.18. The average molecular weight is 647 g/mol. The summed E-state index contributed by atoms with van der Waals surface area (Å²) in [6, 6.07) is 64.1. The minimum Gasteiger partial charge on any atom is -0.295 e. The van der Waals surface area contributed by atoms with Gasteiger partial charge in [-0.15, -0.1) is 0 Å². The third-order valence-corrected chi connectivity index (χ3v) is 10.8. The van der Waals surface area contributed by atoms with E-state index in [2.05, 4.69) is 175 Å². The number of hydrogen-bond donors (Lipinski definition) is 0. The van der Waals surface area contributed by atoms with Gasteiger partial charge in [0.05, 0.1) is 0 Å². The predicted octanol–water partition coefficient (Wildman–Crippen LogP) is 13.5. The number of fused-ring (bicyclic) bond motifs is 6. The second-order valence-electron chi connectivity index (χ2n) is 13.5. The number of aromatic nitrogens is 1. The zero-order valence-electron chi connectivity index (χ0n) is 27.7. The van der Waals surface area contributed by atoms with Crippen molar-refractivity contribution in [2.24, 2.45) is 0 Å². The summed E-state index contributed by atoms with van der Waals surface area (Å²) in [6.07, 6.45) is 1.87. The van der Waals surface area contributed by atoms with Crippen LogP contribution in [0.4, 0.5) is 17.2 Å². The van der Waals surface area contributed by atoms with E-state index in [9.17, 15) is 0 Å². The fourth-order valence-corrected chi connectivity index (χ4v) is 8.65. The number of hydrogen-bond acceptors (Lipinski definition) is 2. The van der Waals surface area contributed by atoms with Crippen molar-refractivity contribution in [1.82, 2.24) is 4.98 Å². The summed E-state index contributed by atoms with van der Waals surface area (Å²) in [7, 11) is 0. The maximum atomic E-state index is 4.87. The summed E-state index contributed by atoms with van der Waals surface area (Å²) in [5.74, 6) is 0.874. The number of pyridine rings is 1. The van der Waals surface area contributed by atoms with Crippen LogP contribution in [0, 0.1) is 0 Å². The van der Waals surface area contributed by atoms with Gasteiger partial charge in [-0.3, -0.25) is 4.90 Å². The van der Waals surface area contributed by atoms with Crippen LogP contribution < -0.4 is 4.90 Å². The molecule has 0 fully saturated rings. The molecule has 0 radical (unpaired) electrons. The van der Waals surface area contributed by atoms with Crippen molar-refractivity contribution in [3.63, 3.8) is 0 Å². The molecule has 0 unspecified atom stereocenters. The third kappa shape index (κ3) is 4.14. The van der Waals surface area contributed by atoms with Crippen LogP contribution in [0.15, 0.2) is 182 Å². The molecule has 9 aromatic rings. The van der Waals surface area contributed by atoms with E-state index >= 15 is 0 Å². The lowest BCUT2D eigenvalue weighted by Gasteiger charge is -2.25. The first kappa shape index (κ1) is 28.1. The van der Waals surface area contributed by atoms with Crippen molar-refractivity contribution < 1.29 is 0 Å². The predicted molar refractivity (Wildman–Crippen MR) is 214 cm³/mol. The zero-order valence-corrected chi connectivity index (χ0v) is 27.7. The van der Waals surface area contributed by atoms with Gasteiger partial charge in [-0.2, -0.15) is 0 Å². The molecule has 0 atom stereocenters. The number of nitrogens with zero attached hydrogens (tertiary/aromatic N) is 2. The highest BCUT2D eigenvalue weighted by molar-refractivity contribution is 6.20. The van der Waals surface area contributed by atoms with Gasteiger partial charge in [0.15, 0.2) is 0 Å². The van der Waals surface area contributed by atoms with E-state index in [-0.39, 0.29) is 0 Å². The standard InChI is InChI=1S/C49H30N2/c1-3-17-39-37(15-1)43-21-9-19-41-35(24-26-45(39)48(41)43)31-11-7-13-33(29-31)51(47-23-5-6-28-50-47)34-14-8-12-32(30-34)36-25-27-46-40-18-4-2-16-38(40)44-22-10-20-42(36)49(44)46/h1-30H. The third-order valence-electron chi connectivity index (χ3n) is 10.8. The maximum absolute atomic E-state index is 4.87. The molecule has 0 spiro atoms. The summed E-state index contributed by atoms with van der Waals surface area (Å²) in [5.41, 5.74) is 17.5. The molecule has 51 heavy (non-hydrogen) atoms. The van der Waals surface area contributed by atoms with Crippen LogP contribution in [0.1, 0.15) is 0 Å². The van der Waals surface area contributed by atoms with Crippen molar-refractivity contribution in [3.8, 4) is 66.8 Å². The normalized spacial score (nSPS) is 11.9. The zero-order chi connectivity index (χ0) is 33.5. The Morgan fingerprint density at radius 1 is 0.314 bits per heavy atom. The van der Waals surface area contributed by atoms with Crippen LogP contribution in [0.3, 0.4) is 0 Å². The van der Waals surface area contributed by atoms with Crippen molar-refractivity contribution in [2.45, 2.75) is 0 Å². The molecule has 236 valence electrons. The van der Waals surface area contributed by atoms with Crippen LogP contribution >= 0.6 is 0 Å². The molecular formula is C49H30N2.